The molecule has 0 aliphatic rings. The van der Waals surface area contributed by atoms with Gasteiger partial charge < -0.3 is 15.7 Å². The Morgan fingerprint density at radius 3 is 2.79 bits per heavy atom. The van der Waals surface area contributed by atoms with Crippen LogP contribution in [0.5, 0.6) is 0 Å². The Kier molecular flexibility index (Phi) is 5.15. The van der Waals surface area contributed by atoms with Crippen molar-refractivity contribution in [3.63, 3.8) is 0 Å². The lowest BCUT2D eigenvalue weighted by molar-refractivity contribution is -0.137. The van der Waals surface area contributed by atoms with Gasteiger partial charge in [0.05, 0.1) is 28.8 Å². The van der Waals surface area contributed by atoms with Crippen molar-refractivity contribution < 1.29 is 14.7 Å². The van der Waals surface area contributed by atoms with Gasteiger partial charge in [0, 0.05) is 6.04 Å². The first-order chi connectivity index (χ1) is 8.92. The summed E-state index contributed by atoms with van der Waals surface area (Å²) in [5.41, 5.74) is 0.652. The molecule has 100 valence electrons. The number of benzene rings is 1. The minimum absolute atomic E-state index is 0.181. The summed E-state index contributed by atoms with van der Waals surface area (Å²) in [6.07, 6.45) is -0.181. The maximum atomic E-state index is 11.6. The van der Waals surface area contributed by atoms with Crippen LogP contribution >= 0.6 is 11.6 Å². The van der Waals surface area contributed by atoms with E-state index >= 15 is 0 Å². The van der Waals surface area contributed by atoms with Crippen molar-refractivity contribution in [2.45, 2.75) is 19.4 Å². The fraction of sp³-hybridized carbons (Fsp3) is 0.250. The molecule has 1 aromatic carbocycles. The summed E-state index contributed by atoms with van der Waals surface area (Å²) in [6.45, 7) is 1.57. The third-order valence-electron chi connectivity index (χ3n) is 2.20. The number of nitrogens with zero attached hydrogens (tertiary/aromatic N) is 1. The summed E-state index contributed by atoms with van der Waals surface area (Å²) >= 11 is 5.87. The van der Waals surface area contributed by atoms with Crippen molar-refractivity contribution in [1.29, 1.82) is 5.26 Å². The van der Waals surface area contributed by atoms with Crippen LogP contribution in [0.4, 0.5) is 10.5 Å². The van der Waals surface area contributed by atoms with Gasteiger partial charge in [-0.2, -0.15) is 5.26 Å². The number of carboxylic acid groups (broad SMARTS) is 1. The van der Waals surface area contributed by atoms with Crippen LogP contribution in [0.15, 0.2) is 18.2 Å². The number of nitriles is 1. The normalized spacial score (nSPS) is 11.2. The zero-order valence-corrected chi connectivity index (χ0v) is 10.9. The van der Waals surface area contributed by atoms with E-state index in [2.05, 4.69) is 10.6 Å². The van der Waals surface area contributed by atoms with Gasteiger partial charge in [-0.3, -0.25) is 4.79 Å². The van der Waals surface area contributed by atoms with Crippen molar-refractivity contribution in [2.75, 3.05) is 5.32 Å². The highest BCUT2D eigenvalue weighted by Crippen LogP contribution is 2.22. The second kappa shape index (κ2) is 6.61. The minimum atomic E-state index is -1.00. The number of amides is 2. The summed E-state index contributed by atoms with van der Waals surface area (Å²) in [5, 5.41) is 22.5. The number of carbonyl (C=O) groups is 2. The predicted octanol–water partition coefficient (Wildman–Crippen LogP) is 2.20. The molecule has 1 rings (SSSR count). The number of anilines is 1. The highest BCUT2D eigenvalue weighted by Gasteiger charge is 2.12. The number of urea groups is 1. The second-order valence-electron chi connectivity index (χ2n) is 3.90. The van der Waals surface area contributed by atoms with Gasteiger partial charge in [-0.05, 0) is 25.1 Å². The zero-order chi connectivity index (χ0) is 14.4. The first-order valence-electron chi connectivity index (χ1n) is 5.41. The van der Waals surface area contributed by atoms with Crippen LogP contribution in [-0.2, 0) is 4.79 Å². The molecule has 0 aromatic heterocycles. The first-order valence-corrected chi connectivity index (χ1v) is 5.79. The van der Waals surface area contributed by atoms with Crippen molar-refractivity contribution in [3.8, 4) is 6.07 Å². The van der Waals surface area contributed by atoms with E-state index in [4.69, 9.17) is 22.0 Å². The van der Waals surface area contributed by atoms with Gasteiger partial charge in [-0.1, -0.05) is 11.6 Å². The second-order valence-corrected chi connectivity index (χ2v) is 4.31. The quantitative estimate of drug-likeness (QED) is 0.787. The van der Waals surface area contributed by atoms with Crippen LogP contribution < -0.4 is 10.6 Å². The minimum Gasteiger partial charge on any atom is -0.481 e. The van der Waals surface area contributed by atoms with Gasteiger partial charge in [0.15, 0.2) is 0 Å². The van der Waals surface area contributed by atoms with Gasteiger partial charge in [0.25, 0.3) is 0 Å². The van der Waals surface area contributed by atoms with Gasteiger partial charge in [0.1, 0.15) is 0 Å². The monoisotopic (exact) mass is 281 g/mol. The molecule has 0 saturated carbocycles. The SMILES string of the molecule is CC(CC(=O)O)NC(=O)Nc1cc(C#N)ccc1Cl. The molecule has 3 N–H and O–H groups in total. The van der Waals surface area contributed by atoms with E-state index in [0.29, 0.717) is 16.3 Å². The molecule has 2 amide bonds. The van der Waals surface area contributed by atoms with E-state index in [9.17, 15) is 9.59 Å². The lowest BCUT2D eigenvalue weighted by atomic mass is 10.2. The molecule has 6 nitrogen and oxygen atoms in total. The van der Waals surface area contributed by atoms with Gasteiger partial charge in [-0.15, -0.1) is 0 Å². The molecule has 1 atom stereocenters. The number of hydrogen-bond acceptors (Lipinski definition) is 3. The van der Waals surface area contributed by atoms with E-state index in [1.54, 1.807) is 6.92 Å². The average molecular weight is 282 g/mol. The number of carboxylic acids is 1. The van der Waals surface area contributed by atoms with Crippen molar-refractivity contribution in [2.24, 2.45) is 0 Å². The van der Waals surface area contributed by atoms with Crippen molar-refractivity contribution in [3.05, 3.63) is 28.8 Å². The van der Waals surface area contributed by atoms with Gasteiger partial charge >= 0.3 is 12.0 Å². The van der Waals surface area contributed by atoms with Gasteiger partial charge in [0.2, 0.25) is 0 Å². The lowest BCUT2D eigenvalue weighted by Gasteiger charge is -2.13. The Bertz CT molecular complexity index is 540. The lowest BCUT2D eigenvalue weighted by Crippen LogP contribution is -2.37. The molecule has 7 heteroatoms. The third-order valence-corrected chi connectivity index (χ3v) is 2.53. The molecule has 1 aromatic rings. The molecule has 0 bridgehead atoms. The largest absolute Gasteiger partial charge is 0.481 e. The molecule has 1 unspecified atom stereocenters. The van der Waals surface area contributed by atoms with E-state index in [1.807, 2.05) is 6.07 Å². The zero-order valence-electron chi connectivity index (χ0n) is 10.1. The number of carbonyl (C=O) groups excluding carboxylic acids is 1. The molecule has 0 heterocycles. The number of aliphatic carboxylic acids is 1. The Morgan fingerprint density at radius 1 is 1.53 bits per heavy atom. The maximum absolute atomic E-state index is 11.6. The van der Waals surface area contributed by atoms with E-state index < -0.39 is 18.0 Å². The summed E-state index contributed by atoms with van der Waals surface area (Å²) in [6, 6.07) is 5.29. The molecule has 0 saturated heterocycles. The van der Waals surface area contributed by atoms with Crippen LogP contribution in [-0.4, -0.2) is 23.1 Å². The molecular formula is C12H12ClN3O3. The topological polar surface area (TPSA) is 102 Å². The Labute approximate surface area is 115 Å². The highest BCUT2D eigenvalue weighted by molar-refractivity contribution is 6.33. The molecule has 19 heavy (non-hydrogen) atoms. The number of hydrogen-bond donors (Lipinski definition) is 3. The van der Waals surface area contributed by atoms with Crippen LogP contribution in [0.1, 0.15) is 18.9 Å². The van der Waals surface area contributed by atoms with E-state index in [0.717, 1.165) is 0 Å². The summed E-state index contributed by atoms with van der Waals surface area (Å²) in [4.78, 5) is 22.1. The number of rotatable bonds is 4. The van der Waals surface area contributed by atoms with Crippen LogP contribution in [0.25, 0.3) is 0 Å². The fourth-order valence-electron chi connectivity index (χ4n) is 1.39. The maximum Gasteiger partial charge on any atom is 0.319 e. The summed E-state index contributed by atoms with van der Waals surface area (Å²) in [5.74, 6) is -1.00. The molecule has 0 radical (unpaired) electrons. The highest BCUT2D eigenvalue weighted by atomic mass is 35.5. The van der Waals surface area contributed by atoms with Crippen molar-refractivity contribution in [1.82, 2.24) is 5.32 Å². The van der Waals surface area contributed by atoms with E-state index in [-0.39, 0.29) is 6.42 Å². The molecule has 0 spiro atoms. The molecular weight excluding hydrogens is 270 g/mol. The predicted molar refractivity (Wildman–Crippen MR) is 70.0 cm³/mol. The Hall–Kier alpha value is -2.26. The Morgan fingerprint density at radius 2 is 2.21 bits per heavy atom. The van der Waals surface area contributed by atoms with Crippen LogP contribution in [0, 0.1) is 11.3 Å². The molecule has 0 aliphatic carbocycles. The fourth-order valence-corrected chi connectivity index (χ4v) is 1.55. The third kappa shape index (κ3) is 4.85. The molecule has 0 aliphatic heterocycles. The number of halogens is 1. The standard InChI is InChI=1S/C12H12ClN3O3/c1-7(4-11(17)18)15-12(19)16-10-5-8(6-14)2-3-9(10)13/h2-3,5,7H,4H2,1H3,(H,17,18)(H2,15,16,19). The van der Waals surface area contributed by atoms with Crippen molar-refractivity contribution >= 4 is 29.3 Å². The van der Waals surface area contributed by atoms with E-state index in [1.165, 1.54) is 18.2 Å². The summed E-state index contributed by atoms with van der Waals surface area (Å²) < 4.78 is 0. The Balaban J connectivity index is 2.67. The van der Waals surface area contributed by atoms with Crippen LogP contribution in [0.3, 0.4) is 0 Å². The summed E-state index contributed by atoms with van der Waals surface area (Å²) in [7, 11) is 0. The average Bonchev–Trinajstić information content (AvgIpc) is 2.30. The smallest absolute Gasteiger partial charge is 0.319 e. The number of nitrogens with one attached hydrogen (secondary N) is 2. The first kappa shape index (κ1) is 14.8. The van der Waals surface area contributed by atoms with Gasteiger partial charge in [-0.25, -0.2) is 4.79 Å². The molecule has 0 fully saturated rings. The van der Waals surface area contributed by atoms with Crippen LogP contribution in [0.2, 0.25) is 5.02 Å².